The molecule has 2 rings (SSSR count). The minimum absolute atomic E-state index is 0.0123. The lowest BCUT2D eigenvalue weighted by molar-refractivity contribution is -0.116. The summed E-state index contributed by atoms with van der Waals surface area (Å²) >= 11 is 5.14. The fourth-order valence-electron chi connectivity index (χ4n) is 2.20. The van der Waals surface area contributed by atoms with Crippen LogP contribution in [0.2, 0.25) is 0 Å². The molecular formula is C16H21FN4O3S. The lowest BCUT2D eigenvalue weighted by Gasteiger charge is -2.10. The van der Waals surface area contributed by atoms with Gasteiger partial charge in [-0.2, -0.15) is 5.10 Å². The number of aryl methyl sites for hydroxylation is 1. The monoisotopic (exact) mass is 368 g/mol. The van der Waals surface area contributed by atoms with Crippen LogP contribution < -0.4 is 10.1 Å². The number of nitrogens with one attached hydrogen (secondary N) is 2. The third kappa shape index (κ3) is 5.36. The predicted molar refractivity (Wildman–Crippen MR) is 93.8 cm³/mol. The first-order valence-corrected chi connectivity index (χ1v) is 8.31. The number of carbonyl (C=O) groups excluding carboxylic acids is 1. The van der Waals surface area contributed by atoms with Crippen molar-refractivity contribution in [3.8, 4) is 5.75 Å². The van der Waals surface area contributed by atoms with Gasteiger partial charge in [-0.1, -0.05) is 6.92 Å². The number of aromatic amines is 1. The van der Waals surface area contributed by atoms with Crippen LogP contribution >= 0.6 is 12.2 Å². The number of H-pyrrole nitrogens is 1. The lowest BCUT2D eigenvalue weighted by Crippen LogP contribution is -2.20. The number of amides is 1. The molecule has 2 aromatic rings. The van der Waals surface area contributed by atoms with Crippen LogP contribution in [-0.4, -0.2) is 41.0 Å². The van der Waals surface area contributed by atoms with E-state index in [-0.39, 0.29) is 24.8 Å². The second-order valence-corrected chi connectivity index (χ2v) is 5.70. The minimum atomic E-state index is -0.555. The van der Waals surface area contributed by atoms with E-state index >= 15 is 0 Å². The number of anilines is 1. The summed E-state index contributed by atoms with van der Waals surface area (Å²) in [6, 6.07) is 4.25. The Morgan fingerprint density at radius 1 is 1.44 bits per heavy atom. The summed E-state index contributed by atoms with van der Waals surface area (Å²) in [5.74, 6) is -0.0455. The van der Waals surface area contributed by atoms with E-state index < -0.39 is 5.82 Å². The van der Waals surface area contributed by atoms with E-state index in [0.717, 1.165) is 12.2 Å². The van der Waals surface area contributed by atoms with Gasteiger partial charge in [0.05, 0.1) is 6.61 Å². The molecule has 0 unspecified atom stereocenters. The number of ether oxygens (including phenoxy) is 2. The van der Waals surface area contributed by atoms with Gasteiger partial charge >= 0.3 is 0 Å². The molecule has 9 heteroatoms. The molecule has 0 fully saturated rings. The number of aromatic nitrogens is 3. The van der Waals surface area contributed by atoms with Crippen molar-refractivity contribution in [3.05, 3.63) is 34.6 Å². The van der Waals surface area contributed by atoms with Gasteiger partial charge < -0.3 is 14.8 Å². The summed E-state index contributed by atoms with van der Waals surface area (Å²) in [5, 5.41) is 9.43. The molecule has 25 heavy (non-hydrogen) atoms. The molecule has 2 N–H and O–H groups in total. The van der Waals surface area contributed by atoms with E-state index in [1.54, 1.807) is 10.6 Å². The van der Waals surface area contributed by atoms with E-state index in [0.29, 0.717) is 23.5 Å². The zero-order chi connectivity index (χ0) is 18.2. The number of benzene rings is 1. The first-order valence-electron chi connectivity index (χ1n) is 7.90. The van der Waals surface area contributed by atoms with Crippen LogP contribution in [-0.2, 0) is 22.5 Å². The van der Waals surface area contributed by atoms with Crippen LogP contribution in [0.5, 0.6) is 5.75 Å². The maximum atomic E-state index is 14.0. The van der Waals surface area contributed by atoms with Crippen molar-refractivity contribution in [1.29, 1.82) is 0 Å². The summed E-state index contributed by atoms with van der Waals surface area (Å²) < 4.78 is 26.1. The molecular weight excluding hydrogens is 347 g/mol. The quantitative estimate of drug-likeness (QED) is 0.525. The molecule has 0 aliphatic rings. The van der Waals surface area contributed by atoms with Crippen LogP contribution in [0.3, 0.4) is 0 Å². The molecule has 0 atom stereocenters. The number of rotatable bonds is 9. The third-order valence-electron chi connectivity index (χ3n) is 3.37. The van der Waals surface area contributed by atoms with Crippen LogP contribution in [0.25, 0.3) is 0 Å². The highest BCUT2D eigenvalue weighted by atomic mass is 32.1. The van der Waals surface area contributed by atoms with Gasteiger partial charge in [-0.15, -0.1) is 0 Å². The molecule has 0 saturated carbocycles. The Balaban J connectivity index is 2.00. The van der Waals surface area contributed by atoms with Gasteiger partial charge in [0.1, 0.15) is 19.0 Å². The van der Waals surface area contributed by atoms with Crippen LogP contribution in [0.4, 0.5) is 10.1 Å². The first kappa shape index (κ1) is 19.1. The Kier molecular flexibility index (Phi) is 7.08. The van der Waals surface area contributed by atoms with Gasteiger partial charge in [-0.25, -0.2) is 4.39 Å². The summed E-state index contributed by atoms with van der Waals surface area (Å²) in [6.45, 7) is 2.64. The standard InChI is InChI=1S/C16H21FN4O3S/c1-3-4-14-19-20-16(25)21(14)10-15(22)18-11-5-6-13(12(17)9-11)24-8-7-23-2/h5-6,9H,3-4,7-8,10H2,1-2H3,(H,18,22)(H,20,25). The molecule has 1 aromatic carbocycles. The minimum Gasteiger partial charge on any atom is -0.488 e. The molecule has 1 amide bonds. The number of hydrogen-bond acceptors (Lipinski definition) is 5. The van der Waals surface area contributed by atoms with E-state index in [2.05, 4.69) is 15.5 Å². The summed E-state index contributed by atoms with van der Waals surface area (Å²) in [4.78, 5) is 12.2. The number of methoxy groups -OCH3 is 1. The molecule has 0 aliphatic heterocycles. The van der Waals surface area contributed by atoms with Crippen LogP contribution in [0.15, 0.2) is 18.2 Å². The van der Waals surface area contributed by atoms with Crippen molar-refractivity contribution < 1.29 is 18.7 Å². The predicted octanol–water partition coefficient (Wildman–Crippen LogP) is 2.70. The average Bonchev–Trinajstić information content (AvgIpc) is 2.90. The molecule has 136 valence electrons. The Bertz CT molecular complexity index is 775. The molecule has 0 bridgehead atoms. The van der Waals surface area contributed by atoms with Crippen LogP contribution in [0, 0.1) is 10.6 Å². The van der Waals surface area contributed by atoms with E-state index in [1.165, 1.54) is 19.2 Å². The van der Waals surface area contributed by atoms with Gasteiger partial charge in [-0.05, 0) is 30.8 Å². The third-order valence-corrected chi connectivity index (χ3v) is 3.68. The normalized spacial score (nSPS) is 10.7. The summed E-state index contributed by atoms with van der Waals surface area (Å²) in [7, 11) is 1.54. The number of nitrogens with zero attached hydrogens (tertiary/aromatic N) is 2. The summed E-state index contributed by atoms with van der Waals surface area (Å²) in [5.41, 5.74) is 0.341. The smallest absolute Gasteiger partial charge is 0.244 e. The van der Waals surface area contributed by atoms with E-state index in [4.69, 9.17) is 21.7 Å². The molecule has 0 saturated heterocycles. The largest absolute Gasteiger partial charge is 0.488 e. The number of carbonyl (C=O) groups is 1. The van der Waals surface area contributed by atoms with Gasteiger partial charge in [0.2, 0.25) is 5.91 Å². The zero-order valence-electron chi connectivity index (χ0n) is 14.2. The van der Waals surface area contributed by atoms with Crippen molar-refractivity contribution in [2.45, 2.75) is 26.3 Å². The van der Waals surface area contributed by atoms with Crippen molar-refractivity contribution >= 4 is 23.8 Å². The highest BCUT2D eigenvalue weighted by Crippen LogP contribution is 2.21. The molecule has 0 radical (unpaired) electrons. The second-order valence-electron chi connectivity index (χ2n) is 5.32. The van der Waals surface area contributed by atoms with Gasteiger partial charge in [0, 0.05) is 25.3 Å². The SMILES string of the molecule is CCCc1n[nH]c(=S)n1CC(=O)Nc1ccc(OCCOC)c(F)c1. The van der Waals surface area contributed by atoms with Crippen molar-refractivity contribution in [3.63, 3.8) is 0 Å². The maximum absolute atomic E-state index is 14.0. The van der Waals surface area contributed by atoms with E-state index in [1.807, 2.05) is 6.92 Å². The summed E-state index contributed by atoms with van der Waals surface area (Å²) in [6.07, 6.45) is 1.60. The Labute approximate surface area is 150 Å². The molecule has 7 nitrogen and oxygen atoms in total. The Morgan fingerprint density at radius 3 is 2.92 bits per heavy atom. The molecule has 0 spiro atoms. The Hall–Kier alpha value is -2.26. The highest BCUT2D eigenvalue weighted by Gasteiger charge is 2.11. The Morgan fingerprint density at radius 2 is 2.24 bits per heavy atom. The first-order chi connectivity index (χ1) is 12.0. The molecule has 1 heterocycles. The molecule has 1 aromatic heterocycles. The van der Waals surface area contributed by atoms with Gasteiger partial charge in [0.15, 0.2) is 16.3 Å². The lowest BCUT2D eigenvalue weighted by atomic mass is 10.3. The van der Waals surface area contributed by atoms with Gasteiger partial charge in [0.25, 0.3) is 0 Å². The zero-order valence-corrected chi connectivity index (χ0v) is 15.0. The number of halogens is 1. The maximum Gasteiger partial charge on any atom is 0.244 e. The van der Waals surface area contributed by atoms with E-state index in [9.17, 15) is 9.18 Å². The fraction of sp³-hybridized carbons (Fsp3) is 0.438. The van der Waals surface area contributed by atoms with Gasteiger partial charge in [-0.3, -0.25) is 14.5 Å². The topological polar surface area (TPSA) is 81.2 Å². The fourth-order valence-corrected chi connectivity index (χ4v) is 2.42. The van der Waals surface area contributed by atoms with Crippen molar-refractivity contribution in [1.82, 2.24) is 14.8 Å². The van der Waals surface area contributed by atoms with Crippen LogP contribution in [0.1, 0.15) is 19.2 Å². The second kappa shape index (κ2) is 9.28. The van der Waals surface area contributed by atoms with Crippen molar-refractivity contribution in [2.24, 2.45) is 0 Å². The highest BCUT2D eigenvalue weighted by molar-refractivity contribution is 7.71. The molecule has 0 aliphatic carbocycles. The average molecular weight is 368 g/mol. The van der Waals surface area contributed by atoms with Crippen molar-refractivity contribution in [2.75, 3.05) is 25.6 Å². The number of hydrogen-bond donors (Lipinski definition) is 2.